The van der Waals surface area contributed by atoms with Crippen molar-refractivity contribution in [3.05, 3.63) is 30.1 Å². The molecule has 1 saturated heterocycles. The lowest BCUT2D eigenvalue weighted by molar-refractivity contribution is -0.122. The van der Waals surface area contributed by atoms with Gasteiger partial charge in [0.15, 0.2) is 5.96 Å². The summed E-state index contributed by atoms with van der Waals surface area (Å²) < 4.78 is 18.7. The molecular formula is C20H33FIN5O2. The molecule has 0 aromatic heterocycles. The average Bonchev–Trinajstić information content (AvgIpc) is 2.69. The molecule has 1 aromatic carbocycles. The van der Waals surface area contributed by atoms with E-state index in [-0.39, 0.29) is 41.8 Å². The van der Waals surface area contributed by atoms with Crippen LogP contribution in [0.2, 0.25) is 0 Å². The molecule has 0 saturated carbocycles. The number of amides is 1. The average molecular weight is 521 g/mol. The fraction of sp³-hybridized carbons (Fsp3) is 0.600. The Balaban J connectivity index is 0.00000420. The van der Waals surface area contributed by atoms with Crippen LogP contribution in [0.3, 0.4) is 0 Å². The van der Waals surface area contributed by atoms with Crippen molar-refractivity contribution >= 4 is 35.8 Å². The van der Waals surface area contributed by atoms with Gasteiger partial charge in [0.2, 0.25) is 5.91 Å². The molecule has 29 heavy (non-hydrogen) atoms. The summed E-state index contributed by atoms with van der Waals surface area (Å²) in [5.74, 6) is 1.17. The Morgan fingerprint density at radius 2 is 1.97 bits per heavy atom. The molecular weight excluding hydrogens is 488 g/mol. The summed E-state index contributed by atoms with van der Waals surface area (Å²) in [7, 11) is 1.66. The smallest absolute Gasteiger partial charge is 0.233 e. The fourth-order valence-corrected chi connectivity index (χ4v) is 3.03. The normalized spacial score (nSPS) is 16.5. The van der Waals surface area contributed by atoms with E-state index < -0.39 is 0 Å². The maximum atomic E-state index is 13.0. The standard InChI is InChI=1S/C20H32FN5O2.HI/c1-4-23-20(24-13-15(2)28-18-7-5-16(21)6-8-18)25-17-9-11-26(12-10-17)14-19(27)22-3;/h5-8,15,17H,4,9-14H2,1-3H3,(H,22,27)(H2,23,24,25);1H. The van der Waals surface area contributed by atoms with Gasteiger partial charge in [0.1, 0.15) is 17.7 Å². The number of ether oxygens (including phenoxy) is 1. The molecule has 1 fully saturated rings. The van der Waals surface area contributed by atoms with Gasteiger partial charge in [-0.15, -0.1) is 24.0 Å². The van der Waals surface area contributed by atoms with Crippen molar-refractivity contribution in [1.29, 1.82) is 0 Å². The second kappa shape index (κ2) is 13.6. The third kappa shape index (κ3) is 9.62. The van der Waals surface area contributed by atoms with Gasteiger partial charge < -0.3 is 20.7 Å². The van der Waals surface area contributed by atoms with Crippen LogP contribution in [0.1, 0.15) is 26.7 Å². The first-order valence-electron chi connectivity index (χ1n) is 9.90. The number of hydrogen-bond acceptors (Lipinski definition) is 4. The van der Waals surface area contributed by atoms with Crippen molar-refractivity contribution in [2.24, 2.45) is 4.99 Å². The van der Waals surface area contributed by atoms with Gasteiger partial charge in [-0.25, -0.2) is 9.38 Å². The highest BCUT2D eigenvalue weighted by Crippen LogP contribution is 2.13. The molecule has 1 amide bonds. The van der Waals surface area contributed by atoms with Gasteiger partial charge in [-0.3, -0.25) is 9.69 Å². The first-order chi connectivity index (χ1) is 13.5. The van der Waals surface area contributed by atoms with E-state index in [1.54, 1.807) is 19.2 Å². The second-order valence-corrected chi connectivity index (χ2v) is 6.97. The number of halogens is 2. The molecule has 164 valence electrons. The lowest BCUT2D eigenvalue weighted by Crippen LogP contribution is -2.50. The van der Waals surface area contributed by atoms with Gasteiger partial charge in [0, 0.05) is 32.7 Å². The van der Waals surface area contributed by atoms with Gasteiger partial charge in [-0.2, -0.15) is 0 Å². The van der Waals surface area contributed by atoms with E-state index in [2.05, 4.69) is 25.8 Å². The van der Waals surface area contributed by atoms with Gasteiger partial charge >= 0.3 is 0 Å². The predicted octanol–water partition coefficient (Wildman–Crippen LogP) is 1.98. The van der Waals surface area contributed by atoms with Crippen LogP contribution in [-0.2, 0) is 4.79 Å². The van der Waals surface area contributed by atoms with Crippen molar-refractivity contribution < 1.29 is 13.9 Å². The molecule has 2 rings (SSSR count). The molecule has 1 aliphatic rings. The van der Waals surface area contributed by atoms with E-state index in [1.165, 1.54) is 12.1 Å². The van der Waals surface area contributed by atoms with Crippen molar-refractivity contribution in [1.82, 2.24) is 20.9 Å². The van der Waals surface area contributed by atoms with Crippen molar-refractivity contribution in [2.45, 2.75) is 38.8 Å². The van der Waals surface area contributed by atoms with Crippen LogP contribution in [-0.4, -0.2) is 68.7 Å². The zero-order valence-corrected chi connectivity index (χ0v) is 19.7. The molecule has 1 unspecified atom stereocenters. The molecule has 7 nitrogen and oxygen atoms in total. The van der Waals surface area contributed by atoms with E-state index in [1.807, 2.05) is 13.8 Å². The number of nitrogens with zero attached hydrogens (tertiary/aromatic N) is 2. The number of piperidine rings is 1. The van der Waals surface area contributed by atoms with Gasteiger partial charge in [-0.05, 0) is 51.0 Å². The van der Waals surface area contributed by atoms with E-state index >= 15 is 0 Å². The van der Waals surface area contributed by atoms with Gasteiger partial charge in [-0.1, -0.05) is 0 Å². The first-order valence-corrected chi connectivity index (χ1v) is 9.90. The van der Waals surface area contributed by atoms with Crippen LogP contribution in [0.15, 0.2) is 29.3 Å². The number of carbonyl (C=O) groups excluding carboxylic acids is 1. The predicted molar refractivity (Wildman–Crippen MR) is 125 cm³/mol. The van der Waals surface area contributed by atoms with Gasteiger partial charge in [0.05, 0.1) is 13.1 Å². The Labute approximate surface area is 189 Å². The van der Waals surface area contributed by atoms with E-state index in [9.17, 15) is 9.18 Å². The summed E-state index contributed by atoms with van der Waals surface area (Å²) in [4.78, 5) is 18.3. The van der Waals surface area contributed by atoms with Gasteiger partial charge in [0.25, 0.3) is 0 Å². The number of benzene rings is 1. The number of guanidine groups is 1. The Morgan fingerprint density at radius 1 is 1.31 bits per heavy atom. The van der Waals surface area contributed by atoms with Crippen LogP contribution in [0.4, 0.5) is 4.39 Å². The molecule has 1 atom stereocenters. The van der Waals surface area contributed by atoms with Crippen molar-refractivity contribution in [3.8, 4) is 5.75 Å². The number of likely N-dealkylation sites (tertiary alicyclic amines) is 1. The molecule has 0 aliphatic carbocycles. The third-order valence-electron chi connectivity index (χ3n) is 4.58. The topological polar surface area (TPSA) is 78.0 Å². The minimum absolute atomic E-state index is 0. The zero-order valence-electron chi connectivity index (χ0n) is 17.4. The Bertz CT molecular complexity index is 636. The Hall–Kier alpha value is -1.62. The highest BCUT2D eigenvalue weighted by atomic mass is 127. The summed E-state index contributed by atoms with van der Waals surface area (Å²) >= 11 is 0. The molecule has 3 N–H and O–H groups in total. The Morgan fingerprint density at radius 3 is 2.55 bits per heavy atom. The summed E-state index contributed by atoms with van der Waals surface area (Å²) in [6.07, 6.45) is 1.79. The number of nitrogens with one attached hydrogen (secondary N) is 3. The van der Waals surface area contributed by atoms with Crippen LogP contribution in [0, 0.1) is 5.82 Å². The molecule has 9 heteroatoms. The molecule has 0 spiro atoms. The minimum Gasteiger partial charge on any atom is -0.489 e. The van der Waals surface area contributed by atoms with E-state index in [0.29, 0.717) is 24.9 Å². The molecule has 1 aliphatic heterocycles. The number of carbonyl (C=O) groups is 1. The maximum absolute atomic E-state index is 13.0. The lowest BCUT2D eigenvalue weighted by Gasteiger charge is -2.32. The van der Waals surface area contributed by atoms with E-state index in [4.69, 9.17) is 4.74 Å². The number of rotatable bonds is 8. The fourth-order valence-electron chi connectivity index (χ4n) is 3.03. The highest BCUT2D eigenvalue weighted by molar-refractivity contribution is 14.0. The maximum Gasteiger partial charge on any atom is 0.233 e. The monoisotopic (exact) mass is 521 g/mol. The summed E-state index contributed by atoms with van der Waals surface area (Å²) in [5, 5.41) is 9.41. The minimum atomic E-state index is -0.280. The van der Waals surface area contributed by atoms with Crippen LogP contribution < -0.4 is 20.7 Å². The van der Waals surface area contributed by atoms with E-state index in [0.717, 1.165) is 38.4 Å². The molecule has 1 aromatic rings. The molecule has 0 bridgehead atoms. The summed E-state index contributed by atoms with van der Waals surface area (Å²) in [6.45, 7) is 7.45. The first kappa shape index (κ1) is 25.4. The lowest BCUT2D eigenvalue weighted by atomic mass is 10.1. The largest absolute Gasteiger partial charge is 0.489 e. The van der Waals surface area contributed by atoms with Crippen molar-refractivity contribution in [2.75, 3.05) is 39.8 Å². The quantitative estimate of drug-likeness (QED) is 0.277. The number of likely N-dealkylation sites (N-methyl/N-ethyl adjacent to an activating group) is 1. The highest BCUT2D eigenvalue weighted by Gasteiger charge is 2.21. The summed E-state index contributed by atoms with van der Waals surface area (Å²) in [6, 6.07) is 6.32. The number of aliphatic imine (C=N–C) groups is 1. The molecule has 1 heterocycles. The van der Waals surface area contributed by atoms with Crippen LogP contribution in [0.25, 0.3) is 0 Å². The Kier molecular flexibility index (Phi) is 11.9. The van der Waals surface area contributed by atoms with Crippen LogP contribution in [0.5, 0.6) is 5.75 Å². The summed E-state index contributed by atoms with van der Waals surface area (Å²) in [5.41, 5.74) is 0. The number of hydrogen-bond donors (Lipinski definition) is 3. The third-order valence-corrected chi connectivity index (χ3v) is 4.58. The SMILES string of the molecule is CCNC(=NCC(C)Oc1ccc(F)cc1)NC1CCN(CC(=O)NC)CC1.I. The van der Waals surface area contributed by atoms with Crippen LogP contribution >= 0.6 is 24.0 Å². The second-order valence-electron chi connectivity index (χ2n) is 6.97. The molecule has 0 radical (unpaired) electrons. The van der Waals surface area contributed by atoms with Crippen molar-refractivity contribution in [3.63, 3.8) is 0 Å². The zero-order chi connectivity index (χ0) is 20.4.